The maximum absolute atomic E-state index is 5.57. The van der Waals surface area contributed by atoms with E-state index in [1.165, 1.54) is 51.7 Å². The maximum Gasteiger partial charge on any atom is 0.00106 e. The first-order valence-corrected chi connectivity index (χ1v) is 5.81. The van der Waals surface area contributed by atoms with Crippen LogP contribution in [0.5, 0.6) is 0 Å². The molecule has 2 fully saturated rings. The lowest BCUT2D eigenvalue weighted by atomic mass is 10.1. The van der Waals surface area contributed by atoms with Crippen LogP contribution in [0, 0.1) is 11.8 Å². The monoisotopic (exact) mass is 182 g/mol. The van der Waals surface area contributed by atoms with E-state index in [9.17, 15) is 0 Å². The highest BCUT2D eigenvalue weighted by molar-refractivity contribution is 4.79. The van der Waals surface area contributed by atoms with Crippen molar-refractivity contribution in [1.29, 1.82) is 0 Å². The summed E-state index contributed by atoms with van der Waals surface area (Å²) in [4.78, 5) is 2.64. The van der Waals surface area contributed by atoms with Gasteiger partial charge in [-0.15, -0.1) is 0 Å². The number of nitrogens with two attached hydrogens (primary N) is 1. The van der Waals surface area contributed by atoms with Gasteiger partial charge in [0.2, 0.25) is 0 Å². The van der Waals surface area contributed by atoms with Gasteiger partial charge in [-0.25, -0.2) is 0 Å². The molecule has 0 spiro atoms. The summed E-state index contributed by atoms with van der Waals surface area (Å²) >= 11 is 0. The maximum atomic E-state index is 5.57. The molecule has 1 aliphatic carbocycles. The second-order valence-electron chi connectivity index (χ2n) is 4.76. The van der Waals surface area contributed by atoms with Gasteiger partial charge in [-0.2, -0.15) is 0 Å². The van der Waals surface area contributed by atoms with E-state index in [-0.39, 0.29) is 0 Å². The van der Waals surface area contributed by atoms with E-state index in [1.807, 2.05) is 0 Å². The molecule has 0 radical (unpaired) electrons. The Kier molecular flexibility index (Phi) is 3.23. The molecule has 13 heavy (non-hydrogen) atoms. The van der Waals surface area contributed by atoms with Crippen molar-refractivity contribution >= 4 is 0 Å². The van der Waals surface area contributed by atoms with E-state index in [2.05, 4.69) is 4.90 Å². The Morgan fingerprint density at radius 3 is 2.62 bits per heavy atom. The molecular weight excluding hydrogens is 160 g/mol. The fraction of sp³-hybridized carbons (Fsp3) is 1.00. The van der Waals surface area contributed by atoms with Crippen LogP contribution in [0.1, 0.15) is 32.1 Å². The highest BCUT2D eigenvalue weighted by Gasteiger charge is 2.25. The number of likely N-dealkylation sites (tertiary alicyclic amines) is 1. The first-order chi connectivity index (χ1) is 6.38. The molecule has 2 nitrogen and oxygen atoms in total. The third-order valence-electron chi connectivity index (χ3n) is 3.50. The van der Waals surface area contributed by atoms with E-state index < -0.39 is 0 Å². The van der Waals surface area contributed by atoms with Crippen molar-refractivity contribution in [3.63, 3.8) is 0 Å². The Labute approximate surface area is 81.5 Å². The molecule has 0 bridgehead atoms. The summed E-state index contributed by atoms with van der Waals surface area (Å²) in [6, 6.07) is 0. The van der Waals surface area contributed by atoms with Crippen molar-refractivity contribution in [2.75, 3.05) is 26.2 Å². The van der Waals surface area contributed by atoms with Gasteiger partial charge in [-0.05, 0) is 50.7 Å². The van der Waals surface area contributed by atoms with Crippen LogP contribution in [0.3, 0.4) is 0 Å². The molecule has 2 heteroatoms. The first-order valence-electron chi connectivity index (χ1n) is 5.81. The minimum absolute atomic E-state index is 0.876. The fourth-order valence-corrected chi connectivity index (χ4v) is 2.36. The molecule has 2 N–H and O–H groups in total. The van der Waals surface area contributed by atoms with Crippen molar-refractivity contribution in [3.8, 4) is 0 Å². The molecule has 0 aromatic heterocycles. The predicted octanol–water partition coefficient (Wildman–Crippen LogP) is 1.46. The summed E-state index contributed by atoms with van der Waals surface area (Å²) in [5.41, 5.74) is 5.57. The molecule has 0 amide bonds. The third-order valence-corrected chi connectivity index (χ3v) is 3.50. The molecule has 1 saturated heterocycles. The number of rotatable bonds is 5. The molecule has 2 aliphatic rings. The van der Waals surface area contributed by atoms with Gasteiger partial charge >= 0.3 is 0 Å². The van der Waals surface area contributed by atoms with E-state index in [1.54, 1.807) is 0 Å². The standard InChI is InChI=1S/C11H22N2/c12-6-3-11-5-8-13(9-11)7-4-10-1-2-10/h10-11H,1-9,12H2. The number of hydrogen-bond acceptors (Lipinski definition) is 2. The molecule has 1 heterocycles. The second kappa shape index (κ2) is 4.43. The van der Waals surface area contributed by atoms with Crippen molar-refractivity contribution in [2.45, 2.75) is 32.1 Å². The topological polar surface area (TPSA) is 29.3 Å². The van der Waals surface area contributed by atoms with Crippen LogP contribution in [-0.4, -0.2) is 31.1 Å². The van der Waals surface area contributed by atoms with Crippen molar-refractivity contribution < 1.29 is 0 Å². The second-order valence-corrected chi connectivity index (χ2v) is 4.76. The molecule has 1 atom stereocenters. The molecule has 0 aromatic rings. The minimum Gasteiger partial charge on any atom is -0.330 e. The SMILES string of the molecule is NCCC1CCN(CCC2CC2)C1. The molecule has 1 saturated carbocycles. The molecule has 2 rings (SSSR count). The first kappa shape index (κ1) is 9.47. The van der Waals surface area contributed by atoms with Crippen molar-refractivity contribution in [1.82, 2.24) is 4.90 Å². The summed E-state index contributed by atoms with van der Waals surface area (Å²) in [6.07, 6.45) is 7.08. The van der Waals surface area contributed by atoms with Gasteiger partial charge < -0.3 is 10.6 Å². The normalized spacial score (nSPS) is 29.8. The lowest BCUT2D eigenvalue weighted by Gasteiger charge is -2.15. The van der Waals surface area contributed by atoms with Gasteiger partial charge in [0.15, 0.2) is 0 Å². The lowest BCUT2D eigenvalue weighted by molar-refractivity contribution is 0.310. The van der Waals surface area contributed by atoms with Gasteiger partial charge in [-0.1, -0.05) is 12.8 Å². The number of nitrogens with zero attached hydrogens (tertiary/aromatic N) is 1. The average molecular weight is 182 g/mol. The van der Waals surface area contributed by atoms with Gasteiger partial charge in [-0.3, -0.25) is 0 Å². The molecule has 1 unspecified atom stereocenters. The Morgan fingerprint density at radius 1 is 1.08 bits per heavy atom. The van der Waals surface area contributed by atoms with Crippen LogP contribution < -0.4 is 5.73 Å². The van der Waals surface area contributed by atoms with Crippen LogP contribution in [0.2, 0.25) is 0 Å². The molecule has 76 valence electrons. The summed E-state index contributed by atoms with van der Waals surface area (Å²) in [6.45, 7) is 4.88. The van der Waals surface area contributed by atoms with Crippen LogP contribution >= 0.6 is 0 Å². The van der Waals surface area contributed by atoms with Gasteiger partial charge in [0.1, 0.15) is 0 Å². The van der Waals surface area contributed by atoms with E-state index in [0.29, 0.717) is 0 Å². The fourth-order valence-electron chi connectivity index (χ4n) is 2.36. The van der Waals surface area contributed by atoms with E-state index in [0.717, 1.165) is 18.4 Å². The zero-order valence-electron chi connectivity index (χ0n) is 8.54. The zero-order valence-corrected chi connectivity index (χ0v) is 8.54. The Balaban J connectivity index is 1.59. The predicted molar refractivity (Wildman–Crippen MR) is 55.6 cm³/mol. The van der Waals surface area contributed by atoms with Crippen LogP contribution in [0.25, 0.3) is 0 Å². The van der Waals surface area contributed by atoms with Crippen LogP contribution in [0.4, 0.5) is 0 Å². The summed E-state index contributed by atoms with van der Waals surface area (Å²) in [7, 11) is 0. The van der Waals surface area contributed by atoms with Crippen molar-refractivity contribution in [3.05, 3.63) is 0 Å². The number of hydrogen-bond donors (Lipinski definition) is 1. The molecule has 1 aliphatic heterocycles. The largest absolute Gasteiger partial charge is 0.330 e. The van der Waals surface area contributed by atoms with Crippen LogP contribution in [-0.2, 0) is 0 Å². The zero-order chi connectivity index (χ0) is 9.10. The highest BCUT2D eigenvalue weighted by Crippen LogP contribution is 2.33. The Bertz CT molecular complexity index is 154. The van der Waals surface area contributed by atoms with Gasteiger partial charge in [0.25, 0.3) is 0 Å². The smallest absolute Gasteiger partial charge is 0.00106 e. The lowest BCUT2D eigenvalue weighted by Crippen LogP contribution is -2.22. The van der Waals surface area contributed by atoms with E-state index in [4.69, 9.17) is 5.73 Å². The summed E-state index contributed by atoms with van der Waals surface area (Å²) < 4.78 is 0. The van der Waals surface area contributed by atoms with Gasteiger partial charge in [0.05, 0.1) is 0 Å². The van der Waals surface area contributed by atoms with Gasteiger partial charge in [0, 0.05) is 6.54 Å². The summed E-state index contributed by atoms with van der Waals surface area (Å²) in [5.74, 6) is 2.00. The molecular formula is C11H22N2. The molecule has 0 aromatic carbocycles. The third kappa shape index (κ3) is 2.96. The Morgan fingerprint density at radius 2 is 1.92 bits per heavy atom. The quantitative estimate of drug-likeness (QED) is 0.697. The minimum atomic E-state index is 0.876. The van der Waals surface area contributed by atoms with Crippen molar-refractivity contribution in [2.24, 2.45) is 17.6 Å². The average Bonchev–Trinajstić information content (AvgIpc) is 2.85. The Hall–Kier alpha value is -0.0800. The van der Waals surface area contributed by atoms with Crippen LogP contribution in [0.15, 0.2) is 0 Å². The highest BCUT2D eigenvalue weighted by atomic mass is 15.1. The summed E-state index contributed by atoms with van der Waals surface area (Å²) in [5, 5.41) is 0. The van der Waals surface area contributed by atoms with E-state index >= 15 is 0 Å².